The molecule has 0 spiro atoms. The molecular formula is C16H21NO2S. The Morgan fingerprint density at radius 2 is 2.10 bits per heavy atom. The molecule has 1 heterocycles. The molecule has 0 radical (unpaired) electrons. The molecule has 1 aliphatic carbocycles. The summed E-state index contributed by atoms with van der Waals surface area (Å²) >= 11 is 1.66. The van der Waals surface area contributed by atoms with Crippen molar-refractivity contribution in [3.63, 3.8) is 0 Å². The first-order chi connectivity index (χ1) is 9.74. The van der Waals surface area contributed by atoms with Crippen molar-refractivity contribution in [3.05, 3.63) is 29.8 Å². The molecular weight excluding hydrogens is 270 g/mol. The second kappa shape index (κ2) is 6.19. The first-order valence-corrected chi connectivity index (χ1v) is 8.32. The summed E-state index contributed by atoms with van der Waals surface area (Å²) in [5.41, 5.74) is 1.27. The molecule has 0 aromatic heterocycles. The highest BCUT2D eigenvalue weighted by atomic mass is 32.2. The summed E-state index contributed by atoms with van der Waals surface area (Å²) in [5.74, 6) is 0.352. The Kier molecular flexibility index (Phi) is 4.32. The predicted octanol–water partition coefficient (Wildman–Crippen LogP) is 2.37. The van der Waals surface area contributed by atoms with Gasteiger partial charge < -0.3 is 10.4 Å². The number of nitrogens with one attached hydrogen (secondary N) is 1. The van der Waals surface area contributed by atoms with E-state index in [2.05, 4.69) is 17.4 Å². The quantitative estimate of drug-likeness (QED) is 0.899. The largest absolute Gasteiger partial charge is 0.393 e. The molecule has 1 saturated carbocycles. The third-order valence-electron chi connectivity index (χ3n) is 4.35. The van der Waals surface area contributed by atoms with Gasteiger partial charge in [-0.2, -0.15) is 0 Å². The minimum Gasteiger partial charge on any atom is -0.393 e. The second-order valence-corrected chi connectivity index (χ2v) is 7.02. The van der Waals surface area contributed by atoms with Crippen molar-refractivity contribution in [1.82, 2.24) is 5.32 Å². The number of fused-ring (bicyclic) bond motifs is 1. The van der Waals surface area contributed by atoms with Crippen LogP contribution in [0.25, 0.3) is 0 Å². The van der Waals surface area contributed by atoms with E-state index in [0.29, 0.717) is 6.54 Å². The monoisotopic (exact) mass is 291 g/mol. The van der Waals surface area contributed by atoms with Crippen LogP contribution in [-0.4, -0.2) is 28.9 Å². The van der Waals surface area contributed by atoms with Gasteiger partial charge in [0.15, 0.2) is 0 Å². The van der Waals surface area contributed by atoms with Crippen molar-refractivity contribution in [3.8, 4) is 0 Å². The molecule has 3 unspecified atom stereocenters. The molecule has 0 saturated heterocycles. The summed E-state index contributed by atoms with van der Waals surface area (Å²) in [6, 6.07) is 8.22. The Balaban J connectivity index is 1.51. The lowest BCUT2D eigenvalue weighted by molar-refractivity contribution is -0.120. The van der Waals surface area contributed by atoms with Crippen LogP contribution in [-0.2, 0) is 11.2 Å². The Bertz CT molecular complexity index is 466. The average molecular weight is 291 g/mol. The number of hydrogen-bond acceptors (Lipinski definition) is 3. The van der Waals surface area contributed by atoms with Gasteiger partial charge in [-0.15, -0.1) is 11.8 Å². The lowest BCUT2D eigenvalue weighted by atomic mass is 9.86. The highest BCUT2D eigenvalue weighted by Gasteiger charge is 2.29. The Labute approximate surface area is 124 Å². The fourth-order valence-electron chi connectivity index (χ4n) is 3.10. The van der Waals surface area contributed by atoms with Crippen molar-refractivity contribution >= 4 is 17.7 Å². The van der Waals surface area contributed by atoms with Gasteiger partial charge in [-0.25, -0.2) is 0 Å². The maximum atomic E-state index is 12.2. The molecule has 3 nitrogen and oxygen atoms in total. The Morgan fingerprint density at radius 1 is 1.30 bits per heavy atom. The number of rotatable bonds is 3. The zero-order chi connectivity index (χ0) is 13.9. The van der Waals surface area contributed by atoms with Crippen LogP contribution < -0.4 is 5.32 Å². The van der Waals surface area contributed by atoms with Gasteiger partial charge in [0.25, 0.3) is 0 Å². The van der Waals surface area contributed by atoms with Crippen LogP contribution in [0, 0.1) is 5.92 Å². The van der Waals surface area contributed by atoms with Gasteiger partial charge in [-0.3, -0.25) is 4.79 Å². The van der Waals surface area contributed by atoms with Crippen LogP contribution >= 0.6 is 11.8 Å². The molecule has 1 aliphatic heterocycles. The van der Waals surface area contributed by atoms with Gasteiger partial charge >= 0.3 is 0 Å². The second-order valence-electron chi connectivity index (χ2n) is 5.78. The molecule has 4 heteroatoms. The van der Waals surface area contributed by atoms with Gasteiger partial charge in [-0.05, 0) is 30.9 Å². The number of thioether (sulfide) groups is 1. The van der Waals surface area contributed by atoms with Crippen LogP contribution in [0.3, 0.4) is 0 Å². The number of amides is 1. The van der Waals surface area contributed by atoms with E-state index in [9.17, 15) is 9.90 Å². The third kappa shape index (κ3) is 3.01. The maximum absolute atomic E-state index is 12.2. The summed E-state index contributed by atoms with van der Waals surface area (Å²) in [6.07, 6.45) is 4.77. The molecule has 3 rings (SSSR count). The highest BCUT2D eigenvalue weighted by molar-refractivity contribution is 8.01. The average Bonchev–Trinajstić information content (AvgIpc) is 2.90. The summed E-state index contributed by atoms with van der Waals surface area (Å²) < 4.78 is 0. The van der Waals surface area contributed by atoms with Gasteiger partial charge in [0.1, 0.15) is 0 Å². The van der Waals surface area contributed by atoms with Crippen LogP contribution in [0.2, 0.25) is 0 Å². The number of benzene rings is 1. The van der Waals surface area contributed by atoms with Gasteiger partial charge in [0.2, 0.25) is 5.91 Å². The summed E-state index contributed by atoms with van der Waals surface area (Å²) in [4.78, 5) is 13.5. The summed E-state index contributed by atoms with van der Waals surface area (Å²) in [6.45, 7) is 0.618. The number of aliphatic hydroxyl groups is 1. The normalized spacial score (nSPS) is 28.9. The molecule has 0 bridgehead atoms. The van der Waals surface area contributed by atoms with Crippen molar-refractivity contribution in [1.29, 1.82) is 0 Å². The molecule has 3 atom stereocenters. The van der Waals surface area contributed by atoms with E-state index in [1.807, 2.05) is 12.1 Å². The fraction of sp³-hybridized carbons (Fsp3) is 0.562. The minimum atomic E-state index is -0.238. The van der Waals surface area contributed by atoms with Gasteiger partial charge in [0, 0.05) is 17.4 Å². The predicted molar refractivity (Wildman–Crippen MR) is 80.8 cm³/mol. The fourth-order valence-corrected chi connectivity index (χ4v) is 4.32. The molecule has 2 N–H and O–H groups in total. The zero-order valence-electron chi connectivity index (χ0n) is 11.5. The van der Waals surface area contributed by atoms with E-state index in [-0.39, 0.29) is 23.2 Å². The van der Waals surface area contributed by atoms with Crippen LogP contribution in [0.15, 0.2) is 29.2 Å². The first kappa shape index (κ1) is 14.0. The van der Waals surface area contributed by atoms with Crippen molar-refractivity contribution < 1.29 is 9.90 Å². The lowest BCUT2D eigenvalue weighted by Gasteiger charge is -2.28. The maximum Gasteiger partial charge on any atom is 0.233 e. The summed E-state index contributed by atoms with van der Waals surface area (Å²) in [5, 5.41) is 13.0. The Hall–Kier alpha value is -1.00. The van der Waals surface area contributed by atoms with E-state index in [1.54, 1.807) is 11.8 Å². The van der Waals surface area contributed by atoms with Gasteiger partial charge in [-0.1, -0.05) is 31.0 Å². The molecule has 1 amide bonds. The van der Waals surface area contributed by atoms with Crippen LogP contribution in [0.4, 0.5) is 0 Å². The smallest absolute Gasteiger partial charge is 0.233 e. The SMILES string of the molecule is O=C(NCC1CCCCC1O)C1Cc2ccccc2S1. The first-order valence-electron chi connectivity index (χ1n) is 7.44. The van der Waals surface area contributed by atoms with E-state index < -0.39 is 0 Å². The molecule has 20 heavy (non-hydrogen) atoms. The lowest BCUT2D eigenvalue weighted by Crippen LogP contribution is -2.40. The zero-order valence-corrected chi connectivity index (χ0v) is 12.4. The van der Waals surface area contributed by atoms with Crippen molar-refractivity contribution in [2.24, 2.45) is 5.92 Å². The topological polar surface area (TPSA) is 49.3 Å². The third-order valence-corrected chi connectivity index (χ3v) is 5.66. The van der Waals surface area contributed by atoms with Crippen molar-refractivity contribution in [2.75, 3.05) is 6.54 Å². The number of aliphatic hydroxyl groups excluding tert-OH is 1. The molecule has 1 aromatic rings. The molecule has 1 fully saturated rings. The number of carbonyl (C=O) groups excluding carboxylic acids is 1. The molecule has 108 valence electrons. The van der Waals surface area contributed by atoms with Crippen LogP contribution in [0.1, 0.15) is 31.2 Å². The van der Waals surface area contributed by atoms with E-state index in [1.165, 1.54) is 16.9 Å². The number of carbonyl (C=O) groups is 1. The van der Waals surface area contributed by atoms with Crippen LogP contribution in [0.5, 0.6) is 0 Å². The molecule has 1 aromatic carbocycles. The highest BCUT2D eigenvalue weighted by Crippen LogP contribution is 2.36. The van der Waals surface area contributed by atoms with E-state index >= 15 is 0 Å². The standard InChI is InChI=1S/C16H21NO2S/c18-13-7-3-1-6-12(13)10-17-16(19)15-9-11-5-2-4-8-14(11)20-15/h2,4-5,8,12-13,15,18H,1,3,6-7,9-10H2,(H,17,19). The minimum absolute atomic E-state index is 0.00636. The van der Waals surface area contributed by atoms with E-state index in [0.717, 1.165) is 25.7 Å². The van der Waals surface area contributed by atoms with E-state index in [4.69, 9.17) is 0 Å². The summed E-state index contributed by atoms with van der Waals surface area (Å²) in [7, 11) is 0. The number of hydrogen-bond donors (Lipinski definition) is 2. The Morgan fingerprint density at radius 3 is 2.90 bits per heavy atom. The van der Waals surface area contributed by atoms with Gasteiger partial charge in [0.05, 0.1) is 11.4 Å². The molecule has 2 aliphatic rings. The van der Waals surface area contributed by atoms with Crippen molar-refractivity contribution in [2.45, 2.75) is 48.4 Å².